The number of rotatable bonds is 3. The summed E-state index contributed by atoms with van der Waals surface area (Å²) in [4.78, 5) is 4.32. The van der Waals surface area contributed by atoms with E-state index in [4.69, 9.17) is 10.5 Å². The van der Waals surface area contributed by atoms with E-state index in [9.17, 15) is 0 Å². The van der Waals surface area contributed by atoms with Crippen LogP contribution in [-0.2, 0) is 6.61 Å². The molecule has 0 saturated heterocycles. The van der Waals surface area contributed by atoms with E-state index in [2.05, 4.69) is 20.9 Å². The molecule has 1 aromatic heterocycles. The third kappa shape index (κ3) is 2.54. The summed E-state index contributed by atoms with van der Waals surface area (Å²) in [5.74, 6) is 0.741. The maximum atomic E-state index is 5.75. The van der Waals surface area contributed by atoms with Crippen LogP contribution < -0.4 is 10.5 Å². The van der Waals surface area contributed by atoms with E-state index in [-0.39, 0.29) is 0 Å². The van der Waals surface area contributed by atoms with Gasteiger partial charge in [0.15, 0.2) is 0 Å². The Hall–Kier alpha value is -1.07. The van der Waals surface area contributed by atoms with Crippen molar-refractivity contribution in [2.24, 2.45) is 0 Å². The van der Waals surface area contributed by atoms with Crippen molar-refractivity contribution in [1.29, 1.82) is 0 Å². The van der Waals surface area contributed by atoms with Gasteiger partial charge in [-0.3, -0.25) is 0 Å². The molecule has 16 heavy (non-hydrogen) atoms. The van der Waals surface area contributed by atoms with Crippen molar-refractivity contribution >= 4 is 33.0 Å². The van der Waals surface area contributed by atoms with Gasteiger partial charge in [-0.15, -0.1) is 11.3 Å². The third-order valence-corrected chi connectivity index (χ3v) is 3.71. The van der Waals surface area contributed by atoms with Crippen molar-refractivity contribution in [1.82, 2.24) is 4.98 Å². The molecule has 5 heteroatoms. The Morgan fingerprint density at radius 2 is 2.31 bits per heavy atom. The number of anilines is 1. The van der Waals surface area contributed by atoms with E-state index >= 15 is 0 Å². The molecule has 0 amide bonds. The SMILES string of the molecule is Cc1nc(COc2cccc(N)c2Br)cs1. The average Bonchev–Trinajstić information content (AvgIpc) is 2.67. The maximum Gasteiger partial charge on any atom is 0.136 e. The number of aromatic nitrogens is 1. The number of benzene rings is 1. The standard InChI is InChI=1S/C11H11BrN2OS/c1-7-14-8(6-16-7)5-15-10-4-2-3-9(13)11(10)12/h2-4,6H,5,13H2,1H3. The van der Waals surface area contributed by atoms with Crippen LogP contribution in [0.4, 0.5) is 5.69 Å². The first-order valence-electron chi connectivity index (χ1n) is 4.74. The van der Waals surface area contributed by atoms with Crippen LogP contribution in [0.1, 0.15) is 10.7 Å². The van der Waals surface area contributed by atoms with Gasteiger partial charge in [-0.2, -0.15) is 0 Å². The minimum Gasteiger partial charge on any atom is -0.486 e. The van der Waals surface area contributed by atoms with Gasteiger partial charge in [0.1, 0.15) is 12.4 Å². The van der Waals surface area contributed by atoms with Gasteiger partial charge in [-0.1, -0.05) is 6.07 Å². The molecule has 0 fully saturated rings. The highest BCUT2D eigenvalue weighted by Gasteiger charge is 2.05. The molecule has 1 heterocycles. The molecule has 0 bridgehead atoms. The highest BCUT2D eigenvalue weighted by atomic mass is 79.9. The second-order valence-corrected chi connectivity index (χ2v) is 5.16. The molecule has 2 aromatic rings. The molecular weight excluding hydrogens is 288 g/mol. The van der Waals surface area contributed by atoms with Crippen molar-refractivity contribution in [2.75, 3.05) is 5.73 Å². The topological polar surface area (TPSA) is 48.1 Å². The molecule has 0 unspecified atom stereocenters. The Morgan fingerprint density at radius 3 is 3.00 bits per heavy atom. The molecule has 0 aliphatic heterocycles. The quantitative estimate of drug-likeness (QED) is 0.884. The summed E-state index contributed by atoms with van der Waals surface area (Å²) in [6, 6.07) is 5.56. The van der Waals surface area contributed by atoms with Crippen LogP contribution in [0.3, 0.4) is 0 Å². The molecule has 84 valence electrons. The molecule has 0 aliphatic rings. The molecule has 0 aliphatic carbocycles. The van der Waals surface area contributed by atoms with Crippen LogP contribution in [0.5, 0.6) is 5.75 Å². The number of nitrogens with two attached hydrogens (primary N) is 1. The second-order valence-electron chi connectivity index (χ2n) is 3.31. The van der Waals surface area contributed by atoms with Gasteiger partial charge < -0.3 is 10.5 Å². The fourth-order valence-electron chi connectivity index (χ4n) is 1.27. The van der Waals surface area contributed by atoms with Crippen LogP contribution in [-0.4, -0.2) is 4.98 Å². The van der Waals surface area contributed by atoms with Crippen molar-refractivity contribution in [3.05, 3.63) is 38.8 Å². The molecule has 0 saturated carbocycles. The van der Waals surface area contributed by atoms with Crippen molar-refractivity contribution < 1.29 is 4.74 Å². The Bertz CT molecular complexity index is 498. The molecule has 1 aromatic carbocycles. The molecule has 2 rings (SSSR count). The summed E-state index contributed by atoms with van der Waals surface area (Å²) in [6.45, 7) is 2.44. The zero-order valence-electron chi connectivity index (χ0n) is 8.74. The fourth-order valence-corrected chi connectivity index (χ4v) is 2.24. The normalized spacial score (nSPS) is 10.4. The first-order chi connectivity index (χ1) is 7.66. The monoisotopic (exact) mass is 298 g/mol. The molecule has 3 nitrogen and oxygen atoms in total. The Kier molecular flexibility index (Phi) is 3.46. The number of nitrogen functional groups attached to an aromatic ring is 1. The van der Waals surface area contributed by atoms with E-state index in [1.807, 2.05) is 30.5 Å². The zero-order chi connectivity index (χ0) is 11.5. The van der Waals surface area contributed by atoms with E-state index < -0.39 is 0 Å². The van der Waals surface area contributed by atoms with Gasteiger partial charge >= 0.3 is 0 Å². The largest absolute Gasteiger partial charge is 0.486 e. The number of nitrogens with zero attached hydrogens (tertiary/aromatic N) is 1. The summed E-state index contributed by atoms with van der Waals surface area (Å²) >= 11 is 5.01. The summed E-state index contributed by atoms with van der Waals surface area (Å²) in [6.07, 6.45) is 0. The predicted molar refractivity (Wildman–Crippen MR) is 69.7 cm³/mol. The maximum absolute atomic E-state index is 5.75. The minimum absolute atomic E-state index is 0.465. The first-order valence-corrected chi connectivity index (χ1v) is 6.42. The van der Waals surface area contributed by atoms with Crippen molar-refractivity contribution in [2.45, 2.75) is 13.5 Å². The number of halogens is 1. The Labute approximate surface area is 106 Å². The minimum atomic E-state index is 0.465. The van der Waals surface area contributed by atoms with Gasteiger partial charge in [0.2, 0.25) is 0 Å². The highest BCUT2D eigenvalue weighted by Crippen LogP contribution is 2.30. The number of hydrogen-bond donors (Lipinski definition) is 1. The van der Waals surface area contributed by atoms with E-state index in [1.54, 1.807) is 11.3 Å². The van der Waals surface area contributed by atoms with Crippen molar-refractivity contribution in [3.63, 3.8) is 0 Å². The van der Waals surface area contributed by atoms with Crippen LogP contribution in [0.15, 0.2) is 28.1 Å². The average molecular weight is 299 g/mol. The van der Waals surface area contributed by atoms with Gasteiger partial charge in [-0.25, -0.2) is 4.98 Å². The van der Waals surface area contributed by atoms with Crippen LogP contribution in [0.2, 0.25) is 0 Å². The third-order valence-electron chi connectivity index (χ3n) is 2.04. The zero-order valence-corrected chi connectivity index (χ0v) is 11.1. The second kappa shape index (κ2) is 4.84. The Morgan fingerprint density at radius 1 is 1.50 bits per heavy atom. The van der Waals surface area contributed by atoms with Crippen molar-refractivity contribution in [3.8, 4) is 5.75 Å². The lowest BCUT2D eigenvalue weighted by Gasteiger charge is -2.07. The number of hydrogen-bond acceptors (Lipinski definition) is 4. The van der Waals surface area contributed by atoms with Gasteiger partial charge in [0.05, 0.1) is 15.2 Å². The molecule has 0 radical (unpaired) electrons. The molecule has 0 atom stereocenters. The summed E-state index contributed by atoms with van der Waals surface area (Å²) in [7, 11) is 0. The highest BCUT2D eigenvalue weighted by molar-refractivity contribution is 9.10. The van der Waals surface area contributed by atoms with E-state index in [1.165, 1.54) is 0 Å². The van der Waals surface area contributed by atoms with E-state index in [0.717, 1.165) is 20.9 Å². The van der Waals surface area contributed by atoms with Gasteiger partial charge in [0, 0.05) is 11.1 Å². The summed E-state index contributed by atoms with van der Waals surface area (Å²) in [5, 5.41) is 3.04. The lowest BCUT2D eigenvalue weighted by atomic mass is 10.3. The van der Waals surface area contributed by atoms with Gasteiger partial charge in [0.25, 0.3) is 0 Å². The summed E-state index contributed by atoms with van der Waals surface area (Å²) in [5.41, 5.74) is 7.37. The molecule has 2 N–H and O–H groups in total. The smallest absolute Gasteiger partial charge is 0.136 e. The predicted octanol–water partition coefficient (Wildman–Crippen LogP) is 3.38. The number of ether oxygens (including phenoxy) is 1. The Balaban J connectivity index is 2.07. The molecule has 0 spiro atoms. The van der Waals surface area contributed by atoms with Gasteiger partial charge in [-0.05, 0) is 35.0 Å². The lowest BCUT2D eigenvalue weighted by molar-refractivity contribution is 0.300. The molecular formula is C11H11BrN2OS. The first kappa shape index (κ1) is 11.4. The van der Waals surface area contributed by atoms with Crippen LogP contribution in [0, 0.1) is 6.92 Å². The number of aryl methyl sites for hydroxylation is 1. The number of thiazole rings is 1. The van der Waals surface area contributed by atoms with E-state index in [0.29, 0.717) is 12.3 Å². The van der Waals surface area contributed by atoms with Crippen LogP contribution >= 0.6 is 27.3 Å². The van der Waals surface area contributed by atoms with Crippen LogP contribution in [0.25, 0.3) is 0 Å². The summed E-state index contributed by atoms with van der Waals surface area (Å²) < 4.78 is 6.43. The fraction of sp³-hybridized carbons (Fsp3) is 0.182. The lowest BCUT2D eigenvalue weighted by Crippen LogP contribution is -1.97.